The molecule has 2 aliphatic rings. The summed E-state index contributed by atoms with van der Waals surface area (Å²) in [4.78, 5) is 10.8. The molecule has 0 fully saturated rings. The van der Waals surface area contributed by atoms with Crippen molar-refractivity contribution in [3.05, 3.63) is 197 Å². The molecule has 62 heavy (non-hydrogen) atoms. The summed E-state index contributed by atoms with van der Waals surface area (Å²) in [6, 6.07) is 38.9. The molecule has 5 aromatic rings. The number of hydrogen-bond acceptors (Lipinski definition) is 9. The summed E-state index contributed by atoms with van der Waals surface area (Å²) in [6.07, 6.45) is 0. The van der Waals surface area contributed by atoms with Gasteiger partial charge in [-0.3, -0.25) is 9.69 Å². The molecule has 0 heterocycles. The molecule has 7 rings (SSSR count). The first-order valence-electron chi connectivity index (χ1n) is 17.7. The second-order valence-corrected chi connectivity index (χ2v) is 13.3. The monoisotopic (exact) mass is 782 g/mol. The van der Waals surface area contributed by atoms with E-state index in [2.05, 4.69) is 32.7 Å². The Morgan fingerprint density at radius 2 is 0.903 bits per heavy atom. The third kappa shape index (κ3) is 6.18. The van der Waals surface area contributed by atoms with E-state index in [-0.39, 0.29) is 134 Å². The van der Waals surface area contributed by atoms with Crippen molar-refractivity contribution in [1.82, 2.24) is 0 Å². The molecule has 0 N–H and O–H groups in total. The molecule has 12 nitrogen and oxygen atoms in total. The van der Waals surface area contributed by atoms with Crippen LogP contribution in [0.25, 0.3) is 59.2 Å². The quantitative estimate of drug-likeness (QED) is 0.125. The second kappa shape index (κ2) is 15.8. The molecule has 5 aromatic carbocycles. The first-order chi connectivity index (χ1) is 30.2. The lowest BCUT2D eigenvalue weighted by atomic mass is 9.87. The fourth-order valence-electron chi connectivity index (χ4n) is 7.61. The van der Waals surface area contributed by atoms with Crippen molar-refractivity contribution in [2.24, 2.45) is 0 Å². The van der Waals surface area contributed by atoms with Crippen molar-refractivity contribution in [3.63, 3.8) is 0 Å². The van der Waals surface area contributed by atoms with E-state index >= 15 is 0 Å². The van der Waals surface area contributed by atoms with E-state index in [9.17, 15) is 47.4 Å². The van der Waals surface area contributed by atoms with Crippen molar-refractivity contribution in [3.8, 4) is 54.6 Å². The molecule has 0 amide bonds. The number of rotatable bonds is 4. The normalized spacial score (nSPS) is 13.2. The van der Waals surface area contributed by atoms with E-state index in [1.165, 1.54) is 72.8 Å². The van der Waals surface area contributed by atoms with E-state index in [4.69, 9.17) is 19.7 Å². The van der Waals surface area contributed by atoms with Gasteiger partial charge >= 0.3 is 0 Å². The Morgan fingerprint density at radius 3 is 1.37 bits per heavy atom. The summed E-state index contributed by atoms with van der Waals surface area (Å²) in [5, 5.41) is 92.2. The highest BCUT2D eigenvalue weighted by molar-refractivity contribution is 6.34. The van der Waals surface area contributed by atoms with Gasteiger partial charge in [-0.2, -0.15) is 47.4 Å². The summed E-state index contributed by atoms with van der Waals surface area (Å²) in [7, 11) is 0. The minimum Gasteiger partial charge on any atom is -0.250 e. The van der Waals surface area contributed by atoms with Crippen molar-refractivity contribution >= 4 is 56.1 Å². The van der Waals surface area contributed by atoms with Crippen molar-refractivity contribution < 1.29 is 0 Å². The van der Waals surface area contributed by atoms with Gasteiger partial charge in [-0.1, -0.05) is 24.3 Å². The van der Waals surface area contributed by atoms with Gasteiger partial charge in [0.15, 0.2) is 11.4 Å². The first kappa shape index (κ1) is 39.2. The zero-order valence-electron chi connectivity index (χ0n) is 31.4. The van der Waals surface area contributed by atoms with Crippen LogP contribution in [0.2, 0.25) is 0 Å². The Balaban J connectivity index is 1.69. The topological polar surface area (TPSA) is 227 Å². The average molecular weight is 783 g/mol. The van der Waals surface area contributed by atoms with Gasteiger partial charge in [0.1, 0.15) is 30.3 Å². The van der Waals surface area contributed by atoms with Gasteiger partial charge in [-0.05, 0) is 105 Å². The SMILES string of the molecule is [C-]#[N+]/C(=C1/C(c2ccc(C#N)c(C#N)c2)=C(C#N)c2cc3c(cc21)C(C#N)=C(c1ccc([N+]#[C-])c([N+]#[C-])c1)/C3=C(/C#N)c1cc(C#N)cc(C#N)c1)c1cc(C#N)cc(C#N)c1. The number of nitrogens with zero attached hydrogens (tertiary/aromatic N) is 12. The van der Waals surface area contributed by atoms with E-state index in [0.717, 1.165) is 0 Å². The zero-order chi connectivity index (χ0) is 44.2. The standard InChI is InChI=1S/C50H14N12/c1-60-44-7-6-32(15-45(44)61-2)46-42(25-58)37-17-40-38(16-39(37)48(46)41(24-57)34-10-27(18-51)8-28(11-34)19-52)43(26-59)47(31-4-5-33(22-55)36(14-31)23-56)49(40)50(62-3)35-12-29(20-53)9-30(13-35)21-54/h4-17H/b48-41-,50-49+. The maximum atomic E-state index is 11.0. The smallest absolute Gasteiger partial charge is 0.202 e. The molecule has 0 radical (unpaired) electrons. The van der Waals surface area contributed by atoms with Crippen LogP contribution in [0.5, 0.6) is 0 Å². The lowest BCUT2D eigenvalue weighted by Gasteiger charge is -2.15. The number of nitriles is 9. The van der Waals surface area contributed by atoms with Gasteiger partial charge in [-0.25, -0.2) is 4.85 Å². The Bertz CT molecular complexity index is 3350. The molecule has 0 unspecified atom stereocenters. The molecule has 274 valence electrons. The van der Waals surface area contributed by atoms with Crippen LogP contribution in [0.4, 0.5) is 11.4 Å². The van der Waals surface area contributed by atoms with Crippen LogP contribution in [0.15, 0.2) is 84.9 Å². The van der Waals surface area contributed by atoms with Gasteiger partial charge in [0, 0.05) is 22.3 Å². The number of allylic oxidation sites excluding steroid dienone is 7. The van der Waals surface area contributed by atoms with Gasteiger partial charge in [0.05, 0.1) is 94.1 Å². The molecule has 2 aliphatic carbocycles. The van der Waals surface area contributed by atoms with Crippen molar-refractivity contribution in [1.29, 1.82) is 47.4 Å². The third-order valence-electron chi connectivity index (χ3n) is 10.2. The lowest BCUT2D eigenvalue weighted by molar-refractivity contribution is 1.42. The number of benzene rings is 5. The van der Waals surface area contributed by atoms with Crippen LogP contribution in [0.1, 0.15) is 77.9 Å². The Kier molecular flexibility index (Phi) is 10.0. The Hall–Kier alpha value is -11.1. The van der Waals surface area contributed by atoms with Crippen LogP contribution in [0.3, 0.4) is 0 Å². The Labute approximate surface area is 354 Å². The second-order valence-electron chi connectivity index (χ2n) is 13.3. The van der Waals surface area contributed by atoms with E-state index in [1.807, 2.05) is 36.4 Å². The van der Waals surface area contributed by atoms with Crippen molar-refractivity contribution in [2.45, 2.75) is 0 Å². The molecule has 0 bridgehead atoms. The summed E-state index contributed by atoms with van der Waals surface area (Å²) < 4.78 is 0. The molecule has 0 aromatic heterocycles. The third-order valence-corrected chi connectivity index (χ3v) is 10.2. The van der Waals surface area contributed by atoms with Gasteiger partial charge in [-0.15, -0.1) is 0 Å². The largest absolute Gasteiger partial charge is 0.250 e. The molecule has 0 atom stereocenters. The van der Waals surface area contributed by atoms with Crippen LogP contribution >= 0.6 is 0 Å². The fourth-order valence-corrected chi connectivity index (χ4v) is 7.61. The minimum absolute atomic E-state index is 0.00394. The van der Waals surface area contributed by atoms with Gasteiger partial charge < -0.3 is 0 Å². The molecule has 12 heteroatoms. The highest BCUT2D eigenvalue weighted by atomic mass is 14.7. The average Bonchev–Trinajstić information content (AvgIpc) is 3.81. The fraction of sp³-hybridized carbons (Fsp3) is 0. The molecular weight excluding hydrogens is 769 g/mol. The predicted octanol–water partition coefficient (Wildman–Crippen LogP) is 10.1. The summed E-state index contributed by atoms with van der Waals surface area (Å²) in [5.74, 6) is 0. The zero-order valence-corrected chi connectivity index (χ0v) is 31.4. The van der Waals surface area contributed by atoms with Crippen LogP contribution in [-0.2, 0) is 0 Å². The van der Waals surface area contributed by atoms with E-state index < -0.39 is 0 Å². The number of fused-ring (bicyclic) bond motifs is 2. The molecular formula is C50H14N12. The predicted molar refractivity (Wildman–Crippen MR) is 224 cm³/mol. The summed E-state index contributed by atoms with van der Waals surface area (Å²) in [5.41, 5.74) is 2.72. The van der Waals surface area contributed by atoms with E-state index in [1.54, 1.807) is 12.1 Å². The first-order valence-corrected chi connectivity index (χ1v) is 17.7. The van der Waals surface area contributed by atoms with E-state index in [0.29, 0.717) is 0 Å². The van der Waals surface area contributed by atoms with Gasteiger partial charge in [0.2, 0.25) is 5.70 Å². The molecule has 0 saturated carbocycles. The molecule has 0 spiro atoms. The lowest BCUT2D eigenvalue weighted by Crippen LogP contribution is -1.97. The van der Waals surface area contributed by atoms with Crippen LogP contribution < -0.4 is 0 Å². The molecule has 0 aliphatic heterocycles. The summed E-state index contributed by atoms with van der Waals surface area (Å²) in [6.45, 7) is 23.9. The number of hydrogen-bond donors (Lipinski definition) is 0. The van der Waals surface area contributed by atoms with Crippen LogP contribution in [0, 0.1) is 122 Å². The maximum Gasteiger partial charge on any atom is 0.202 e. The minimum atomic E-state index is -0.0918. The molecule has 0 saturated heterocycles. The highest BCUT2D eigenvalue weighted by Gasteiger charge is 2.38. The van der Waals surface area contributed by atoms with Gasteiger partial charge in [0.25, 0.3) is 0 Å². The van der Waals surface area contributed by atoms with Crippen molar-refractivity contribution in [2.75, 3.05) is 0 Å². The van der Waals surface area contributed by atoms with Crippen LogP contribution in [-0.4, -0.2) is 0 Å². The maximum absolute atomic E-state index is 11.0. The summed E-state index contributed by atoms with van der Waals surface area (Å²) >= 11 is 0. The highest BCUT2D eigenvalue weighted by Crippen LogP contribution is 2.56. The Morgan fingerprint density at radius 1 is 0.419 bits per heavy atom.